The van der Waals surface area contributed by atoms with Crippen LogP contribution in [-0.4, -0.2) is 59.1 Å². The van der Waals surface area contributed by atoms with Crippen molar-refractivity contribution < 1.29 is 23.0 Å². The Morgan fingerprint density at radius 1 is 0.882 bits per heavy atom. The van der Waals surface area contributed by atoms with E-state index in [1.165, 1.54) is 63.1 Å². The van der Waals surface area contributed by atoms with Crippen molar-refractivity contribution in [1.82, 2.24) is 26.3 Å². The van der Waals surface area contributed by atoms with E-state index >= 15 is 0 Å². The van der Waals surface area contributed by atoms with Crippen molar-refractivity contribution in [1.29, 1.82) is 0 Å². The average Bonchev–Trinajstić information content (AvgIpc) is 2.84. The molecule has 1 aromatic heterocycles. The van der Waals surface area contributed by atoms with Crippen molar-refractivity contribution in [3.05, 3.63) is 23.5 Å². The van der Waals surface area contributed by atoms with Gasteiger partial charge < -0.3 is 26.4 Å². The van der Waals surface area contributed by atoms with Crippen molar-refractivity contribution in [2.75, 3.05) is 18.8 Å². The second-order valence-corrected chi connectivity index (χ2v) is 12.2. The van der Waals surface area contributed by atoms with E-state index < -0.39 is 5.97 Å². The Morgan fingerprint density at radius 3 is 1.71 bits per heavy atom. The topological polar surface area (TPSA) is 98.3 Å². The number of carbonyl (C=O) groups is 1. The second kappa shape index (κ2) is 15.9. The fourth-order valence-electron chi connectivity index (χ4n) is 5.25. The molecule has 0 aromatic carbocycles. The zero-order chi connectivity index (χ0) is 24.2. The number of hydrogen-bond acceptors (Lipinski definition) is 7. The van der Waals surface area contributed by atoms with Crippen LogP contribution in [0.5, 0.6) is 0 Å². The van der Waals surface area contributed by atoms with Crippen LogP contribution in [0.3, 0.4) is 0 Å². The predicted molar refractivity (Wildman–Crippen MR) is 136 cm³/mol. The van der Waals surface area contributed by atoms with Gasteiger partial charge in [0.25, 0.3) is 0 Å². The van der Waals surface area contributed by atoms with Gasteiger partial charge in [-0.15, -0.1) is 11.8 Å². The maximum absolute atomic E-state index is 11.1. The van der Waals surface area contributed by atoms with Gasteiger partial charge in [0.2, 0.25) is 0 Å². The van der Waals surface area contributed by atoms with Crippen LogP contribution in [0.1, 0.15) is 62.8 Å². The number of nitrogens with one attached hydrogen (secondary N) is 4. The fourth-order valence-corrected chi connectivity index (χ4v) is 5.98. The number of carboxylic acid groups (broad SMARTS) is 1. The molecule has 2 heterocycles. The predicted octanol–water partition coefficient (Wildman–Crippen LogP) is 3.63. The molecule has 5 N–H and O–H groups in total. The summed E-state index contributed by atoms with van der Waals surface area (Å²) >= 11 is 1.39. The number of hydrogen-bond donors (Lipinski definition) is 5. The van der Waals surface area contributed by atoms with Gasteiger partial charge in [-0.25, -0.2) is 0 Å². The molecule has 4 atom stereocenters. The molecule has 1 aromatic rings. The first-order chi connectivity index (χ1) is 16.6. The molecule has 0 radical (unpaired) electrons. The van der Waals surface area contributed by atoms with Crippen LogP contribution in [0.15, 0.2) is 17.0 Å². The molecule has 193 valence electrons. The third-order valence-electron chi connectivity index (χ3n) is 6.83. The molecular weight excluding hydrogens is 536 g/mol. The minimum absolute atomic E-state index is 0.00694. The first-order valence-corrected chi connectivity index (χ1v) is 16.5. The van der Waals surface area contributed by atoms with E-state index in [9.17, 15) is 4.79 Å². The maximum atomic E-state index is 11.1. The molecule has 0 unspecified atom stereocenters. The number of aromatic nitrogens is 1. The van der Waals surface area contributed by atoms with E-state index in [1.54, 1.807) is 0 Å². The molecule has 0 spiro atoms. The first-order valence-electron chi connectivity index (χ1n) is 12.2. The quantitative estimate of drug-likeness (QED) is 0.277. The van der Waals surface area contributed by atoms with Crippen molar-refractivity contribution in [2.45, 2.75) is 93.5 Å². The second-order valence-electron chi connectivity index (χ2n) is 9.19. The normalized spacial score (nSPS) is 28.2. The summed E-state index contributed by atoms with van der Waals surface area (Å²) in [5, 5.41) is 24.2. The van der Waals surface area contributed by atoms with Crippen LogP contribution in [0.4, 0.5) is 0 Å². The standard InChI is InChI=1S/C23H37N5O2S.2ClH.Mn/c29-23(30)15-31-18-11-16-13-26-21-7-3-1-5-19(21)24-9-10-25-20-6-2-4-8-22(20)27-14-17(12-18)28-16;;;/h11-12,19-22,24-27H,1-10,13-15H2,(H,29,30);2*1H;/q;;;+2/p-2/t19-,20-,21-,22-;;;/m1.../s1. The summed E-state index contributed by atoms with van der Waals surface area (Å²) in [6.07, 6.45) is 9.96. The number of thioether (sulfide) groups is 1. The minimum atomic E-state index is -0.785. The van der Waals surface area contributed by atoms with Gasteiger partial charge in [-0.2, -0.15) is 0 Å². The molecule has 2 fully saturated rings. The van der Waals surface area contributed by atoms with E-state index in [0.717, 1.165) is 42.5 Å². The SMILES string of the molecule is O=C(O)CSc1cc2nc(c1)CN[C@@H]1CCCC[C@H]1NCCN[C@@H]1CCCC[C@H]1NC2.[Cl][Mn][Cl]. The number of halogens is 2. The first kappa shape index (κ1) is 28.5. The summed E-state index contributed by atoms with van der Waals surface area (Å²) in [6, 6.07) is 6.03. The third-order valence-corrected chi connectivity index (χ3v) is 7.79. The van der Waals surface area contributed by atoms with Crippen LogP contribution in [0.2, 0.25) is 0 Å². The molecule has 7 nitrogen and oxygen atoms in total. The molecule has 2 aliphatic carbocycles. The zero-order valence-corrected chi connectivity index (χ0v) is 23.0. The third kappa shape index (κ3) is 9.75. The number of aliphatic carboxylic acids is 1. The summed E-state index contributed by atoms with van der Waals surface area (Å²) < 4.78 is 0. The van der Waals surface area contributed by atoms with Crippen LogP contribution >= 0.6 is 32.0 Å². The Hall–Kier alpha value is -0.0905. The van der Waals surface area contributed by atoms with Gasteiger partial charge in [0.05, 0.1) is 17.1 Å². The summed E-state index contributed by atoms with van der Waals surface area (Å²) in [4.78, 5) is 17.0. The number of fused-ring (bicyclic) bond motifs is 4. The Kier molecular flexibility index (Phi) is 13.3. The molecule has 3 aliphatic rings. The van der Waals surface area contributed by atoms with Crippen molar-refractivity contribution in [2.24, 2.45) is 0 Å². The van der Waals surface area contributed by atoms with Gasteiger partial charge in [-0.1, -0.05) is 25.7 Å². The summed E-state index contributed by atoms with van der Waals surface area (Å²) in [5.74, 6) is -0.709. The molecule has 2 bridgehead atoms. The Labute approximate surface area is 222 Å². The Balaban J connectivity index is 0.00000103. The van der Waals surface area contributed by atoms with Gasteiger partial charge in [0.1, 0.15) is 0 Å². The molecular formula is C23H37Cl2MnN5O2S. The molecule has 11 heteroatoms. The van der Waals surface area contributed by atoms with Crippen molar-refractivity contribution in [3.63, 3.8) is 0 Å². The summed E-state index contributed by atoms with van der Waals surface area (Å²) in [7, 11) is 9.59. The number of rotatable bonds is 3. The number of carboxylic acids is 1. The Morgan fingerprint density at radius 2 is 1.29 bits per heavy atom. The van der Waals surface area contributed by atoms with Gasteiger partial charge in [-0.3, -0.25) is 9.78 Å². The van der Waals surface area contributed by atoms with Crippen molar-refractivity contribution in [3.8, 4) is 0 Å². The van der Waals surface area contributed by atoms with E-state index in [1.807, 2.05) is 0 Å². The molecule has 0 amide bonds. The number of pyridine rings is 1. The fraction of sp³-hybridized carbons (Fsp3) is 0.739. The van der Waals surface area contributed by atoms with Gasteiger partial charge in [0.15, 0.2) is 0 Å². The van der Waals surface area contributed by atoms with Crippen LogP contribution in [0, 0.1) is 0 Å². The van der Waals surface area contributed by atoms with Crippen LogP contribution in [0.25, 0.3) is 0 Å². The van der Waals surface area contributed by atoms with E-state index in [2.05, 4.69) is 33.4 Å². The average molecular weight is 573 g/mol. The van der Waals surface area contributed by atoms with E-state index in [0.29, 0.717) is 24.2 Å². The molecule has 2 saturated carbocycles. The van der Waals surface area contributed by atoms with Crippen LogP contribution in [-0.2, 0) is 31.0 Å². The summed E-state index contributed by atoms with van der Waals surface area (Å²) in [5.41, 5.74) is 2.01. The molecule has 1 aliphatic heterocycles. The molecule has 4 rings (SSSR count). The van der Waals surface area contributed by atoms with E-state index in [4.69, 9.17) is 30.3 Å². The summed E-state index contributed by atoms with van der Waals surface area (Å²) in [6.45, 7) is 3.46. The van der Waals surface area contributed by atoms with Gasteiger partial charge in [0, 0.05) is 55.2 Å². The van der Waals surface area contributed by atoms with Crippen molar-refractivity contribution >= 4 is 37.9 Å². The van der Waals surface area contributed by atoms with E-state index in [-0.39, 0.29) is 18.9 Å². The zero-order valence-electron chi connectivity index (χ0n) is 19.5. The Bertz CT molecular complexity index is 718. The number of nitrogens with zero attached hydrogens (tertiary/aromatic N) is 1. The monoisotopic (exact) mass is 572 g/mol. The molecule has 34 heavy (non-hydrogen) atoms. The molecule has 0 saturated heterocycles. The van der Waals surface area contributed by atoms with Crippen LogP contribution < -0.4 is 21.3 Å². The van der Waals surface area contributed by atoms with Gasteiger partial charge in [-0.05, 0) is 37.8 Å². The van der Waals surface area contributed by atoms with Gasteiger partial charge >= 0.3 is 39.3 Å².